The molecule has 0 aliphatic carbocycles. The molecule has 2 heterocycles. The van der Waals surface area contributed by atoms with E-state index in [9.17, 15) is 0 Å². The maximum absolute atomic E-state index is 8.61. The lowest BCUT2D eigenvalue weighted by atomic mass is 9.96. The van der Waals surface area contributed by atoms with Crippen LogP contribution in [-0.4, -0.2) is 21.8 Å². The van der Waals surface area contributed by atoms with Gasteiger partial charge in [0.2, 0.25) is 0 Å². The summed E-state index contributed by atoms with van der Waals surface area (Å²) in [7, 11) is 0. The third-order valence-corrected chi connectivity index (χ3v) is 3.04. The van der Waals surface area contributed by atoms with Crippen LogP contribution in [0.4, 0.5) is 0 Å². The van der Waals surface area contributed by atoms with Crippen molar-refractivity contribution in [2.24, 2.45) is 0 Å². The van der Waals surface area contributed by atoms with Gasteiger partial charge in [-0.25, -0.2) is 4.98 Å². The van der Waals surface area contributed by atoms with E-state index in [1.54, 1.807) is 0 Å². The fraction of sp³-hybridized carbons (Fsp3) is 0.308. The Bertz CT molecular complexity index is 599. The van der Waals surface area contributed by atoms with Gasteiger partial charge < -0.3 is 4.74 Å². The van der Waals surface area contributed by atoms with Gasteiger partial charge in [0.25, 0.3) is 0 Å². The quantitative estimate of drug-likeness (QED) is 0.865. The summed E-state index contributed by atoms with van der Waals surface area (Å²) in [5.41, 5.74) is 1.18. The number of aromatic nitrogens is 3. The molecule has 3 rings (SSSR count). The number of nitriles is 1. The van der Waals surface area contributed by atoms with Gasteiger partial charge in [-0.05, 0) is 18.1 Å². The van der Waals surface area contributed by atoms with E-state index in [0.717, 1.165) is 18.0 Å². The smallest absolute Gasteiger partial charge is 0.157 e. The summed E-state index contributed by atoms with van der Waals surface area (Å²) in [6, 6.07) is 10.1. The number of fused-ring (bicyclic) bond motifs is 1. The lowest BCUT2D eigenvalue weighted by Gasteiger charge is -2.23. The highest BCUT2D eigenvalue weighted by Crippen LogP contribution is 2.30. The minimum absolute atomic E-state index is 0.156. The molecule has 1 aromatic carbocycles. The van der Waals surface area contributed by atoms with Crippen LogP contribution in [0.1, 0.15) is 23.1 Å². The van der Waals surface area contributed by atoms with Gasteiger partial charge in [0, 0.05) is 0 Å². The van der Waals surface area contributed by atoms with Gasteiger partial charge in [-0.2, -0.15) is 10.4 Å². The molecule has 1 aliphatic heterocycles. The van der Waals surface area contributed by atoms with E-state index in [-0.39, 0.29) is 12.3 Å². The first kappa shape index (κ1) is 10.8. The Morgan fingerprint density at radius 3 is 3.22 bits per heavy atom. The van der Waals surface area contributed by atoms with Gasteiger partial charge in [-0.15, -0.1) is 0 Å². The molecule has 90 valence electrons. The standard InChI is InChI=1S/C13H12N4O/c14-6-5-12-15-13(17-16-12)10-7-9-3-1-2-4-11(9)18-8-10/h1-4,10H,5,7-8H2,(H,15,16,17). The zero-order valence-electron chi connectivity index (χ0n) is 9.76. The lowest BCUT2D eigenvalue weighted by molar-refractivity contribution is 0.258. The number of benzene rings is 1. The summed E-state index contributed by atoms with van der Waals surface area (Å²) in [5, 5.41) is 15.6. The van der Waals surface area contributed by atoms with Crippen LogP contribution in [-0.2, 0) is 12.8 Å². The second kappa shape index (κ2) is 4.49. The highest BCUT2D eigenvalue weighted by molar-refractivity contribution is 5.36. The third-order valence-electron chi connectivity index (χ3n) is 3.04. The van der Waals surface area contributed by atoms with Crippen LogP contribution >= 0.6 is 0 Å². The summed E-state index contributed by atoms with van der Waals surface area (Å²) in [6.07, 6.45) is 1.14. The molecule has 2 aromatic rings. The Labute approximate surface area is 104 Å². The van der Waals surface area contributed by atoms with Crippen molar-refractivity contribution in [2.75, 3.05) is 6.61 Å². The molecule has 0 amide bonds. The van der Waals surface area contributed by atoms with Crippen molar-refractivity contribution >= 4 is 0 Å². The zero-order chi connectivity index (χ0) is 12.4. The molecular formula is C13H12N4O. The molecule has 0 saturated heterocycles. The number of nitrogens with one attached hydrogen (secondary N) is 1. The number of ether oxygens (including phenoxy) is 1. The fourth-order valence-corrected chi connectivity index (χ4v) is 2.14. The van der Waals surface area contributed by atoms with Gasteiger partial charge in [-0.3, -0.25) is 5.10 Å². The van der Waals surface area contributed by atoms with Crippen molar-refractivity contribution in [3.8, 4) is 11.8 Å². The minimum Gasteiger partial charge on any atom is -0.493 e. The van der Waals surface area contributed by atoms with Gasteiger partial charge >= 0.3 is 0 Å². The Kier molecular flexibility index (Phi) is 2.69. The van der Waals surface area contributed by atoms with Crippen LogP contribution in [0, 0.1) is 11.3 Å². The molecule has 1 N–H and O–H groups in total. The molecule has 1 aliphatic rings. The van der Waals surface area contributed by atoms with Crippen molar-refractivity contribution in [3.63, 3.8) is 0 Å². The first-order chi connectivity index (χ1) is 8.86. The molecule has 0 radical (unpaired) electrons. The van der Waals surface area contributed by atoms with E-state index in [0.29, 0.717) is 12.4 Å². The first-order valence-electron chi connectivity index (χ1n) is 5.85. The van der Waals surface area contributed by atoms with Crippen LogP contribution in [0.2, 0.25) is 0 Å². The Morgan fingerprint density at radius 1 is 1.44 bits per heavy atom. The number of hydrogen-bond donors (Lipinski definition) is 1. The van der Waals surface area contributed by atoms with Crippen molar-refractivity contribution in [3.05, 3.63) is 41.5 Å². The molecule has 0 fully saturated rings. The van der Waals surface area contributed by atoms with Gasteiger partial charge in [0.05, 0.1) is 25.0 Å². The first-order valence-corrected chi connectivity index (χ1v) is 5.85. The van der Waals surface area contributed by atoms with Crippen molar-refractivity contribution in [1.82, 2.24) is 15.2 Å². The molecule has 0 bridgehead atoms. The zero-order valence-corrected chi connectivity index (χ0v) is 9.76. The molecule has 0 spiro atoms. The van der Waals surface area contributed by atoms with Crippen LogP contribution in [0.5, 0.6) is 5.75 Å². The number of aromatic amines is 1. The van der Waals surface area contributed by atoms with E-state index in [2.05, 4.69) is 27.3 Å². The highest BCUT2D eigenvalue weighted by Gasteiger charge is 2.24. The molecule has 5 heteroatoms. The monoisotopic (exact) mass is 240 g/mol. The largest absolute Gasteiger partial charge is 0.493 e. The fourth-order valence-electron chi connectivity index (χ4n) is 2.14. The topological polar surface area (TPSA) is 74.6 Å². The number of hydrogen-bond acceptors (Lipinski definition) is 4. The van der Waals surface area contributed by atoms with Crippen LogP contribution < -0.4 is 4.74 Å². The van der Waals surface area contributed by atoms with Gasteiger partial charge in [-0.1, -0.05) is 18.2 Å². The average molecular weight is 240 g/mol. The lowest BCUT2D eigenvalue weighted by Crippen LogP contribution is -2.20. The summed E-state index contributed by atoms with van der Waals surface area (Å²) in [6.45, 7) is 0.584. The van der Waals surface area contributed by atoms with E-state index in [1.165, 1.54) is 5.56 Å². The molecular weight excluding hydrogens is 228 g/mol. The maximum atomic E-state index is 8.61. The Hall–Kier alpha value is -2.35. The highest BCUT2D eigenvalue weighted by atomic mass is 16.5. The maximum Gasteiger partial charge on any atom is 0.157 e. The summed E-state index contributed by atoms with van der Waals surface area (Å²) in [4.78, 5) is 4.33. The van der Waals surface area contributed by atoms with Gasteiger partial charge in [0.15, 0.2) is 5.82 Å². The summed E-state index contributed by atoms with van der Waals surface area (Å²) < 4.78 is 5.70. The van der Waals surface area contributed by atoms with E-state index in [1.807, 2.05) is 18.2 Å². The van der Waals surface area contributed by atoms with E-state index < -0.39 is 0 Å². The molecule has 1 unspecified atom stereocenters. The van der Waals surface area contributed by atoms with E-state index >= 15 is 0 Å². The predicted octanol–water partition coefficient (Wildman–Crippen LogP) is 1.59. The SMILES string of the molecule is N#CCc1nc(C2COc3ccccc3C2)n[nH]1. The van der Waals surface area contributed by atoms with Crippen LogP contribution in [0.3, 0.4) is 0 Å². The summed E-state index contributed by atoms with van der Waals surface area (Å²) in [5.74, 6) is 2.45. The third kappa shape index (κ3) is 1.93. The second-order valence-corrected chi connectivity index (χ2v) is 4.29. The molecule has 1 aromatic heterocycles. The normalized spacial score (nSPS) is 17.6. The van der Waals surface area contributed by atoms with Gasteiger partial charge in [0.1, 0.15) is 11.6 Å². The molecule has 5 nitrogen and oxygen atoms in total. The molecule has 0 saturated carbocycles. The molecule has 18 heavy (non-hydrogen) atoms. The van der Waals surface area contributed by atoms with Crippen molar-refractivity contribution in [1.29, 1.82) is 5.26 Å². The number of rotatable bonds is 2. The van der Waals surface area contributed by atoms with E-state index in [4.69, 9.17) is 10.00 Å². The number of para-hydroxylation sites is 1. The average Bonchev–Trinajstić information content (AvgIpc) is 2.87. The predicted molar refractivity (Wildman–Crippen MR) is 64.1 cm³/mol. The minimum atomic E-state index is 0.156. The van der Waals surface area contributed by atoms with Crippen molar-refractivity contribution in [2.45, 2.75) is 18.8 Å². The van der Waals surface area contributed by atoms with Crippen LogP contribution in [0.15, 0.2) is 24.3 Å². The van der Waals surface area contributed by atoms with Crippen LogP contribution in [0.25, 0.3) is 0 Å². The number of nitrogens with zero attached hydrogens (tertiary/aromatic N) is 3. The second-order valence-electron chi connectivity index (χ2n) is 4.29. The Balaban J connectivity index is 1.81. The summed E-state index contributed by atoms with van der Waals surface area (Å²) >= 11 is 0. The molecule has 1 atom stereocenters. The number of H-pyrrole nitrogens is 1. The Morgan fingerprint density at radius 2 is 2.33 bits per heavy atom. The van der Waals surface area contributed by atoms with Crippen molar-refractivity contribution < 1.29 is 4.74 Å².